The maximum absolute atomic E-state index is 5.61. The van der Waals surface area contributed by atoms with Crippen LogP contribution in [0.4, 0.5) is 0 Å². The van der Waals surface area contributed by atoms with E-state index in [0.29, 0.717) is 5.92 Å². The first-order valence-electron chi connectivity index (χ1n) is 7.69. The summed E-state index contributed by atoms with van der Waals surface area (Å²) in [5, 5.41) is 0. The van der Waals surface area contributed by atoms with Gasteiger partial charge >= 0.3 is 0 Å². The van der Waals surface area contributed by atoms with Crippen LogP contribution in [0.5, 0.6) is 11.5 Å². The maximum atomic E-state index is 5.61. The second-order valence-electron chi connectivity index (χ2n) is 5.65. The van der Waals surface area contributed by atoms with E-state index < -0.39 is 0 Å². The van der Waals surface area contributed by atoms with Gasteiger partial charge in [0.1, 0.15) is 0 Å². The Kier molecular flexibility index (Phi) is 5.84. The summed E-state index contributed by atoms with van der Waals surface area (Å²) in [6.45, 7) is 3.00. The Morgan fingerprint density at radius 2 is 1.55 bits per heavy atom. The zero-order valence-electron chi connectivity index (χ0n) is 13.6. The van der Waals surface area contributed by atoms with Crippen molar-refractivity contribution in [1.29, 1.82) is 0 Å². The van der Waals surface area contributed by atoms with Crippen LogP contribution >= 0.6 is 0 Å². The molecular formula is C19H25NO2. The molecule has 118 valence electrons. The van der Waals surface area contributed by atoms with Crippen molar-refractivity contribution in [3.63, 3.8) is 0 Å². The van der Waals surface area contributed by atoms with Crippen molar-refractivity contribution in [1.82, 2.24) is 0 Å². The van der Waals surface area contributed by atoms with E-state index in [1.54, 1.807) is 14.2 Å². The summed E-state index contributed by atoms with van der Waals surface area (Å²) in [5.74, 6) is 2.12. The Labute approximate surface area is 133 Å². The smallest absolute Gasteiger partial charge is 0.161 e. The van der Waals surface area contributed by atoms with E-state index in [4.69, 9.17) is 15.2 Å². The van der Waals surface area contributed by atoms with E-state index in [0.717, 1.165) is 36.4 Å². The van der Waals surface area contributed by atoms with Gasteiger partial charge in [-0.3, -0.25) is 0 Å². The van der Waals surface area contributed by atoms with E-state index in [9.17, 15) is 0 Å². The molecule has 1 atom stereocenters. The van der Waals surface area contributed by atoms with E-state index in [1.807, 2.05) is 18.2 Å². The Morgan fingerprint density at radius 1 is 0.909 bits per heavy atom. The lowest BCUT2D eigenvalue weighted by molar-refractivity contribution is 0.355. The van der Waals surface area contributed by atoms with Crippen molar-refractivity contribution < 1.29 is 9.47 Å². The van der Waals surface area contributed by atoms with E-state index in [-0.39, 0.29) is 0 Å². The van der Waals surface area contributed by atoms with Crippen LogP contribution in [0, 0.1) is 5.92 Å². The summed E-state index contributed by atoms with van der Waals surface area (Å²) >= 11 is 0. The molecular weight excluding hydrogens is 274 g/mol. The molecule has 0 aromatic heterocycles. The van der Waals surface area contributed by atoms with Crippen molar-refractivity contribution in [3.05, 3.63) is 48.0 Å². The van der Waals surface area contributed by atoms with Gasteiger partial charge in [0, 0.05) is 0 Å². The second-order valence-corrected chi connectivity index (χ2v) is 5.65. The molecule has 0 aliphatic heterocycles. The lowest BCUT2D eigenvalue weighted by Gasteiger charge is -2.12. The molecule has 0 aliphatic carbocycles. The van der Waals surface area contributed by atoms with E-state index in [1.165, 1.54) is 11.1 Å². The molecule has 1 unspecified atom stereocenters. The van der Waals surface area contributed by atoms with Gasteiger partial charge in [0.2, 0.25) is 0 Å². The van der Waals surface area contributed by atoms with Crippen LogP contribution in [-0.4, -0.2) is 20.8 Å². The first-order valence-corrected chi connectivity index (χ1v) is 7.69. The van der Waals surface area contributed by atoms with Crippen LogP contribution in [-0.2, 0) is 6.42 Å². The highest BCUT2D eigenvalue weighted by atomic mass is 16.5. The quantitative estimate of drug-likeness (QED) is 0.843. The summed E-state index contributed by atoms with van der Waals surface area (Å²) in [7, 11) is 3.30. The summed E-state index contributed by atoms with van der Waals surface area (Å²) in [4.78, 5) is 0. The zero-order chi connectivity index (χ0) is 15.9. The topological polar surface area (TPSA) is 44.5 Å². The lowest BCUT2D eigenvalue weighted by atomic mass is 9.96. The van der Waals surface area contributed by atoms with Gasteiger partial charge in [0.25, 0.3) is 0 Å². The van der Waals surface area contributed by atoms with Crippen molar-refractivity contribution in [2.75, 3.05) is 20.8 Å². The third-order valence-corrected chi connectivity index (χ3v) is 3.91. The number of nitrogens with two attached hydrogens (primary N) is 1. The SMILES string of the molecule is COc1ccc(-c2ccc(CC(C)CCN)cc2)cc1OC. The van der Waals surface area contributed by atoms with Crippen LogP contribution < -0.4 is 15.2 Å². The molecule has 0 saturated carbocycles. The molecule has 2 N–H and O–H groups in total. The Balaban J connectivity index is 2.16. The number of rotatable bonds is 7. The van der Waals surface area contributed by atoms with Gasteiger partial charge in [-0.1, -0.05) is 37.3 Å². The molecule has 0 bridgehead atoms. The summed E-state index contributed by atoms with van der Waals surface area (Å²) in [5.41, 5.74) is 9.27. The molecule has 22 heavy (non-hydrogen) atoms. The van der Waals surface area contributed by atoms with Gasteiger partial charge in [-0.15, -0.1) is 0 Å². The average Bonchev–Trinajstić information content (AvgIpc) is 2.55. The first kappa shape index (κ1) is 16.4. The largest absolute Gasteiger partial charge is 0.493 e. The molecule has 3 nitrogen and oxygen atoms in total. The van der Waals surface area contributed by atoms with Gasteiger partial charge in [-0.05, 0) is 54.1 Å². The number of hydrogen-bond acceptors (Lipinski definition) is 3. The highest BCUT2D eigenvalue weighted by molar-refractivity contribution is 5.67. The molecule has 0 radical (unpaired) electrons. The summed E-state index contributed by atoms with van der Waals surface area (Å²) in [6.07, 6.45) is 2.14. The minimum absolute atomic E-state index is 0.622. The fourth-order valence-corrected chi connectivity index (χ4v) is 2.64. The maximum Gasteiger partial charge on any atom is 0.161 e. The van der Waals surface area contributed by atoms with Gasteiger partial charge in [0.15, 0.2) is 11.5 Å². The van der Waals surface area contributed by atoms with Crippen LogP contribution in [0.25, 0.3) is 11.1 Å². The molecule has 0 spiro atoms. The van der Waals surface area contributed by atoms with Crippen LogP contribution in [0.15, 0.2) is 42.5 Å². The minimum Gasteiger partial charge on any atom is -0.493 e. The molecule has 3 heteroatoms. The van der Waals surface area contributed by atoms with Crippen molar-refractivity contribution in [2.24, 2.45) is 11.7 Å². The lowest BCUT2D eigenvalue weighted by Crippen LogP contribution is -2.07. The van der Waals surface area contributed by atoms with Crippen LogP contribution in [0.2, 0.25) is 0 Å². The standard InChI is InChI=1S/C19H25NO2/c1-14(10-11-20)12-15-4-6-16(7-5-15)17-8-9-18(21-2)19(13-17)22-3/h4-9,13-14H,10-12,20H2,1-3H3. The van der Waals surface area contributed by atoms with Crippen molar-refractivity contribution >= 4 is 0 Å². The third-order valence-electron chi connectivity index (χ3n) is 3.91. The van der Waals surface area contributed by atoms with Crippen molar-refractivity contribution in [3.8, 4) is 22.6 Å². The van der Waals surface area contributed by atoms with Crippen LogP contribution in [0.1, 0.15) is 18.9 Å². The Morgan fingerprint density at radius 3 is 2.14 bits per heavy atom. The fourth-order valence-electron chi connectivity index (χ4n) is 2.64. The highest BCUT2D eigenvalue weighted by Gasteiger charge is 2.07. The third kappa shape index (κ3) is 4.01. The molecule has 2 aromatic carbocycles. The zero-order valence-corrected chi connectivity index (χ0v) is 13.6. The molecule has 0 amide bonds. The van der Waals surface area contributed by atoms with Gasteiger partial charge in [0.05, 0.1) is 14.2 Å². The van der Waals surface area contributed by atoms with E-state index >= 15 is 0 Å². The predicted octanol–water partition coefficient (Wildman–Crippen LogP) is 3.90. The molecule has 0 fully saturated rings. The number of ether oxygens (including phenoxy) is 2. The fraction of sp³-hybridized carbons (Fsp3) is 0.368. The number of methoxy groups -OCH3 is 2. The van der Waals surface area contributed by atoms with Crippen molar-refractivity contribution in [2.45, 2.75) is 19.8 Å². The van der Waals surface area contributed by atoms with Gasteiger partial charge < -0.3 is 15.2 Å². The highest BCUT2D eigenvalue weighted by Crippen LogP contribution is 2.32. The molecule has 0 aliphatic rings. The van der Waals surface area contributed by atoms with Gasteiger partial charge in [-0.25, -0.2) is 0 Å². The van der Waals surface area contributed by atoms with Crippen LogP contribution in [0.3, 0.4) is 0 Å². The monoisotopic (exact) mass is 299 g/mol. The first-order chi connectivity index (χ1) is 10.7. The molecule has 2 rings (SSSR count). The molecule has 2 aromatic rings. The normalized spacial score (nSPS) is 12.0. The summed E-state index contributed by atoms with van der Waals surface area (Å²) < 4.78 is 10.6. The molecule has 0 heterocycles. The number of benzene rings is 2. The number of hydrogen-bond donors (Lipinski definition) is 1. The summed E-state index contributed by atoms with van der Waals surface area (Å²) in [6, 6.07) is 14.7. The Hall–Kier alpha value is -2.00. The Bertz CT molecular complexity index is 593. The van der Waals surface area contributed by atoms with Gasteiger partial charge in [-0.2, -0.15) is 0 Å². The minimum atomic E-state index is 0.622. The average molecular weight is 299 g/mol. The van der Waals surface area contributed by atoms with E-state index in [2.05, 4.69) is 31.2 Å². The predicted molar refractivity (Wildman–Crippen MR) is 91.5 cm³/mol. The molecule has 0 saturated heterocycles. The second kappa shape index (κ2) is 7.85.